The van der Waals surface area contributed by atoms with E-state index in [2.05, 4.69) is 0 Å². The smallest absolute Gasteiger partial charge is 0.355 e. The van der Waals surface area contributed by atoms with Gasteiger partial charge in [-0.3, -0.25) is 4.79 Å². The average Bonchev–Trinajstić information content (AvgIpc) is 2.89. The molecule has 1 heterocycles. The van der Waals surface area contributed by atoms with Crippen molar-refractivity contribution < 1.29 is 23.9 Å². The second-order valence-corrected chi connectivity index (χ2v) is 6.09. The van der Waals surface area contributed by atoms with E-state index < -0.39 is 11.9 Å². The first-order valence-electron chi connectivity index (χ1n) is 7.88. The fraction of sp³-hybridized carbons (Fsp3) is 0.211. The molecular weight excluding hydrogens is 372 g/mol. The molecule has 0 bridgehead atoms. The van der Waals surface area contributed by atoms with Crippen molar-refractivity contribution in [1.29, 1.82) is 0 Å². The zero-order valence-electron chi connectivity index (χ0n) is 15.4. The second-order valence-electron chi connectivity index (χ2n) is 5.68. The highest BCUT2D eigenvalue weighted by Gasteiger charge is 2.28. The molecule has 0 unspecified atom stereocenters. The summed E-state index contributed by atoms with van der Waals surface area (Å²) in [6.45, 7) is 0. The van der Waals surface area contributed by atoms with Crippen LogP contribution in [0.3, 0.4) is 0 Å². The normalized spacial score (nSPS) is 13.3. The van der Waals surface area contributed by atoms with Crippen molar-refractivity contribution in [3.05, 3.63) is 64.5 Å². The fourth-order valence-corrected chi connectivity index (χ4v) is 2.63. The molecule has 0 aliphatic carbocycles. The minimum absolute atomic E-state index is 0.0183. The molecule has 2 rings (SSSR count). The van der Waals surface area contributed by atoms with Crippen LogP contribution in [0.5, 0.6) is 0 Å². The monoisotopic (exact) mass is 390 g/mol. The number of amides is 1. The van der Waals surface area contributed by atoms with Crippen LogP contribution >= 0.6 is 11.6 Å². The van der Waals surface area contributed by atoms with Crippen molar-refractivity contribution in [3.8, 4) is 0 Å². The predicted molar refractivity (Wildman–Crippen MR) is 101 cm³/mol. The quantitative estimate of drug-likeness (QED) is 0.735. The third-order valence-electron chi connectivity index (χ3n) is 3.75. The highest BCUT2D eigenvalue weighted by Crippen LogP contribution is 2.30. The minimum atomic E-state index is -0.734. The molecule has 0 radical (unpaired) electrons. The van der Waals surface area contributed by atoms with Gasteiger partial charge < -0.3 is 19.3 Å². The highest BCUT2D eigenvalue weighted by molar-refractivity contribution is 6.34. The fourth-order valence-electron chi connectivity index (χ4n) is 2.43. The van der Waals surface area contributed by atoms with E-state index in [1.807, 2.05) is 0 Å². The largest absolute Gasteiger partial charge is 0.465 e. The molecule has 142 valence electrons. The van der Waals surface area contributed by atoms with Crippen molar-refractivity contribution in [2.45, 2.75) is 0 Å². The number of nitrogens with zero attached hydrogens (tertiary/aromatic N) is 2. The highest BCUT2D eigenvalue weighted by atomic mass is 35.5. The number of halogens is 1. The molecule has 7 nitrogen and oxygen atoms in total. The maximum absolute atomic E-state index is 12.4. The van der Waals surface area contributed by atoms with E-state index in [1.165, 1.54) is 36.2 Å². The van der Waals surface area contributed by atoms with Gasteiger partial charge >= 0.3 is 11.9 Å². The summed E-state index contributed by atoms with van der Waals surface area (Å²) in [7, 11) is 5.65. The molecule has 0 N–H and O–H groups in total. The van der Waals surface area contributed by atoms with Crippen LogP contribution in [0.2, 0.25) is 5.02 Å². The summed E-state index contributed by atoms with van der Waals surface area (Å²) in [5, 5.41) is 0.270. The molecule has 8 heteroatoms. The molecule has 0 fully saturated rings. The van der Waals surface area contributed by atoms with Crippen molar-refractivity contribution >= 4 is 35.1 Å². The molecule has 1 aromatic rings. The lowest BCUT2D eigenvalue weighted by atomic mass is 10.1. The predicted octanol–water partition coefficient (Wildman–Crippen LogP) is 2.53. The van der Waals surface area contributed by atoms with Crippen LogP contribution in [-0.4, -0.2) is 51.1 Å². The van der Waals surface area contributed by atoms with Gasteiger partial charge in [0.15, 0.2) is 0 Å². The van der Waals surface area contributed by atoms with Crippen LogP contribution in [0, 0.1) is 0 Å². The first kappa shape index (κ1) is 20.3. The molecule has 0 saturated heterocycles. The number of rotatable bonds is 4. The molecule has 27 heavy (non-hydrogen) atoms. The number of allylic oxidation sites excluding steroid dienone is 2. The number of hydrogen-bond donors (Lipinski definition) is 0. The molecule has 0 atom stereocenters. The van der Waals surface area contributed by atoms with Crippen LogP contribution in [0.1, 0.15) is 10.4 Å². The summed E-state index contributed by atoms with van der Waals surface area (Å²) in [5.74, 6) is -1.73. The van der Waals surface area contributed by atoms with E-state index in [0.717, 1.165) is 0 Å². The van der Waals surface area contributed by atoms with Crippen molar-refractivity contribution in [3.63, 3.8) is 0 Å². The lowest BCUT2D eigenvalue weighted by molar-refractivity contribution is -0.139. The van der Waals surface area contributed by atoms with E-state index in [1.54, 1.807) is 44.6 Å². The number of esters is 2. The Kier molecular flexibility index (Phi) is 6.41. The lowest BCUT2D eigenvalue weighted by Gasteiger charge is -2.24. The van der Waals surface area contributed by atoms with Gasteiger partial charge in [-0.15, -0.1) is 0 Å². The van der Waals surface area contributed by atoms with E-state index in [4.69, 9.17) is 21.1 Å². The van der Waals surface area contributed by atoms with E-state index in [-0.39, 0.29) is 27.8 Å². The Labute approximate surface area is 162 Å². The minimum Gasteiger partial charge on any atom is -0.465 e. The molecule has 1 aliphatic rings. The van der Waals surface area contributed by atoms with Gasteiger partial charge in [-0.1, -0.05) is 17.7 Å². The Morgan fingerprint density at radius 2 is 1.70 bits per heavy atom. The summed E-state index contributed by atoms with van der Waals surface area (Å²) in [6.07, 6.45) is 6.26. The van der Waals surface area contributed by atoms with Crippen LogP contribution in [-0.2, 0) is 19.1 Å². The maximum Gasteiger partial charge on any atom is 0.355 e. The Bertz CT molecular complexity index is 871. The molecule has 1 amide bonds. The second kappa shape index (κ2) is 8.55. The van der Waals surface area contributed by atoms with Crippen LogP contribution in [0.4, 0.5) is 5.69 Å². The van der Waals surface area contributed by atoms with Crippen molar-refractivity contribution in [2.24, 2.45) is 0 Å². The Hall–Kier alpha value is -3.06. The van der Waals surface area contributed by atoms with E-state index >= 15 is 0 Å². The third-order valence-corrected chi connectivity index (χ3v) is 4.08. The van der Waals surface area contributed by atoms with Gasteiger partial charge in [0.2, 0.25) is 0 Å². The number of methoxy groups -OCH3 is 2. The van der Waals surface area contributed by atoms with Gasteiger partial charge in [-0.25, -0.2) is 9.59 Å². The summed E-state index contributed by atoms with van der Waals surface area (Å²) < 4.78 is 9.62. The summed E-state index contributed by atoms with van der Waals surface area (Å²) in [6, 6.07) is 4.72. The summed E-state index contributed by atoms with van der Waals surface area (Å²) in [5.41, 5.74) is 0.685. The molecule has 0 aromatic heterocycles. The Morgan fingerprint density at radius 1 is 1.04 bits per heavy atom. The first-order chi connectivity index (χ1) is 12.8. The molecule has 0 saturated carbocycles. The molecule has 0 spiro atoms. The van der Waals surface area contributed by atoms with Gasteiger partial charge in [0.25, 0.3) is 5.91 Å². The number of carbonyl (C=O) groups is 3. The van der Waals surface area contributed by atoms with Crippen molar-refractivity contribution in [1.82, 2.24) is 4.90 Å². The van der Waals surface area contributed by atoms with Crippen molar-refractivity contribution in [2.75, 3.05) is 33.2 Å². The number of carbonyl (C=O) groups excluding carboxylic acids is 3. The van der Waals surface area contributed by atoms with Gasteiger partial charge in [-0.05, 0) is 30.4 Å². The average molecular weight is 391 g/mol. The third kappa shape index (κ3) is 4.20. The number of benzene rings is 1. The molecule has 1 aliphatic heterocycles. The van der Waals surface area contributed by atoms with Gasteiger partial charge in [0, 0.05) is 26.0 Å². The maximum atomic E-state index is 12.4. The van der Waals surface area contributed by atoms with Crippen LogP contribution in [0.15, 0.2) is 53.9 Å². The Balaban J connectivity index is 2.67. The summed E-state index contributed by atoms with van der Waals surface area (Å²) in [4.78, 5) is 39.8. The number of hydrogen-bond acceptors (Lipinski definition) is 6. The van der Waals surface area contributed by atoms with Gasteiger partial charge in [-0.2, -0.15) is 0 Å². The molecular formula is C19H19ClN2O5. The SMILES string of the molecule is COC(=O)C1=C(C(=O)OC)N(c2ccc(Cl)c(C(=O)N(C)C)c2)C=CC=C1. The summed E-state index contributed by atoms with van der Waals surface area (Å²) >= 11 is 6.16. The van der Waals surface area contributed by atoms with Gasteiger partial charge in [0.05, 0.1) is 30.4 Å². The Morgan fingerprint density at radius 3 is 2.30 bits per heavy atom. The first-order valence-corrected chi connectivity index (χ1v) is 8.25. The topological polar surface area (TPSA) is 76.2 Å². The number of anilines is 1. The van der Waals surface area contributed by atoms with Gasteiger partial charge in [0.1, 0.15) is 5.70 Å². The van der Waals surface area contributed by atoms with E-state index in [0.29, 0.717) is 5.69 Å². The zero-order chi connectivity index (χ0) is 20.1. The van der Waals surface area contributed by atoms with Crippen LogP contribution in [0.25, 0.3) is 0 Å². The standard InChI is InChI=1S/C19H19ClN2O5/c1-21(2)17(23)14-11-12(8-9-15(14)20)22-10-6-5-7-13(18(24)26-3)16(22)19(25)27-4/h5-11H,1-4H3. The van der Waals surface area contributed by atoms with E-state index in [9.17, 15) is 14.4 Å². The molecule has 1 aromatic carbocycles. The zero-order valence-corrected chi connectivity index (χ0v) is 16.1. The lowest BCUT2D eigenvalue weighted by Crippen LogP contribution is -2.27. The van der Waals surface area contributed by atoms with Crippen LogP contribution < -0.4 is 4.90 Å². The number of ether oxygens (including phenoxy) is 2.